The molecular weight excluding hydrogens is 296 g/mol. The Bertz CT molecular complexity index is 511. The Hall–Kier alpha value is -1.15. The number of nitrogens with zero attached hydrogens (tertiary/aromatic N) is 1. The number of nitrogens with one attached hydrogen (secondary N) is 1. The minimum Gasteiger partial charge on any atom is -0.481 e. The van der Waals surface area contributed by atoms with Crippen molar-refractivity contribution in [2.45, 2.75) is 50.6 Å². The number of carbonyl (C=O) groups is 2. The summed E-state index contributed by atoms with van der Waals surface area (Å²) in [7, 11) is -3.36. The van der Waals surface area contributed by atoms with E-state index < -0.39 is 22.0 Å². The molecule has 21 heavy (non-hydrogen) atoms. The fourth-order valence-corrected chi connectivity index (χ4v) is 4.31. The Morgan fingerprint density at radius 1 is 1.14 bits per heavy atom. The van der Waals surface area contributed by atoms with E-state index in [9.17, 15) is 18.0 Å². The molecule has 120 valence electrons. The van der Waals surface area contributed by atoms with Gasteiger partial charge in [-0.25, -0.2) is 8.42 Å². The summed E-state index contributed by atoms with van der Waals surface area (Å²) in [6, 6.07) is -0.660. The lowest BCUT2D eigenvalue weighted by atomic mass is 9.86. The number of carboxylic acids is 1. The lowest BCUT2D eigenvalue weighted by molar-refractivity contribution is -0.142. The van der Waals surface area contributed by atoms with Gasteiger partial charge in [-0.3, -0.25) is 9.59 Å². The second-order valence-corrected chi connectivity index (χ2v) is 7.86. The number of carbonyl (C=O) groups excluding carboxylic acids is 1. The van der Waals surface area contributed by atoms with Gasteiger partial charge >= 0.3 is 5.97 Å². The van der Waals surface area contributed by atoms with Crippen LogP contribution in [0.15, 0.2) is 0 Å². The molecule has 0 spiro atoms. The summed E-state index contributed by atoms with van der Waals surface area (Å²) < 4.78 is 24.5. The molecule has 0 aromatic carbocycles. The van der Waals surface area contributed by atoms with Crippen molar-refractivity contribution in [1.29, 1.82) is 0 Å². The van der Waals surface area contributed by atoms with E-state index in [2.05, 4.69) is 5.32 Å². The largest absolute Gasteiger partial charge is 0.481 e. The third kappa shape index (κ3) is 3.94. The van der Waals surface area contributed by atoms with E-state index >= 15 is 0 Å². The lowest BCUT2D eigenvalue weighted by Gasteiger charge is -2.29. The predicted octanol–water partition coefficient (Wildman–Crippen LogP) is 0.170. The molecule has 0 aromatic heterocycles. The van der Waals surface area contributed by atoms with Crippen LogP contribution in [0.5, 0.6) is 0 Å². The fraction of sp³-hybridized carbons (Fsp3) is 0.846. The van der Waals surface area contributed by atoms with Gasteiger partial charge < -0.3 is 10.4 Å². The lowest BCUT2D eigenvalue weighted by Crippen LogP contribution is -2.49. The average Bonchev–Trinajstić information content (AvgIpc) is 2.88. The molecule has 0 radical (unpaired) electrons. The molecule has 0 unspecified atom stereocenters. The summed E-state index contributed by atoms with van der Waals surface area (Å²) in [4.78, 5) is 23.1. The van der Waals surface area contributed by atoms with Crippen LogP contribution in [0.4, 0.5) is 0 Å². The van der Waals surface area contributed by atoms with Crippen molar-refractivity contribution < 1.29 is 23.1 Å². The maximum Gasteiger partial charge on any atom is 0.306 e. The first-order chi connectivity index (χ1) is 9.79. The number of sulfonamides is 1. The van der Waals surface area contributed by atoms with Crippen LogP contribution in [0.1, 0.15) is 38.5 Å². The molecule has 1 heterocycles. The number of hydrogen-bond donors (Lipinski definition) is 2. The first-order valence-corrected chi connectivity index (χ1v) is 9.14. The van der Waals surface area contributed by atoms with Gasteiger partial charge in [-0.05, 0) is 38.5 Å². The van der Waals surface area contributed by atoms with Crippen LogP contribution >= 0.6 is 0 Å². The Kier molecular flexibility index (Phi) is 4.88. The maximum atomic E-state index is 12.3. The highest BCUT2D eigenvalue weighted by Crippen LogP contribution is 2.26. The summed E-state index contributed by atoms with van der Waals surface area (Å²) in [5, 5.41) is 11.8. The molecule has 1 saturated carbocycles. The second kappa shape index (κ2) is 6.31. The zero-order valence-corrected chi connectivity index (χ0v) is 12.9. The van der Waals surface area contributed by atoms with Gasteiger partial charge in [0.2, 0.25) is 15.9 Å². The monoisotopic (exact) mass is 318 g/mol. The van der Waals surface area contributed by atoms with Gasteiger partial charge in [-0.2, -0.15) is 4.31 Å². The third-order valence-electron chi connectivity index (χ3n) is 4.36. The highest BCUT2D eigenvalue weighted by molar-refractivity contribution is 7.88. The number of amides is 1. The van der Waals surface area contributed by atoms with Crippen LogP contribution in [0.25, 0.3) is 0 Å². The number of hydrogen-bond acceptors (Lipinski definition) is 4. The van der Waals surface area contributed by atoms with Gasteiger partial charge in [0.25, 0.3) is 0 Å². The van der Waals surface area contributed by atoms with Crippen LogP contribution in [-0.4, -0.2) is 54.6 Å². The maximum absolute atomic E-state index is 12.3. The van der Waals surface area contributed by atoms with E-state index in [0.29, 0.717) is 45.1 Å². The van der Waals surface area contributed by atoms with E-state index in [4.69, 9.17) is 5.11 Å². The van der Waals surface area contributed by atoms with Crippen molar-refractivity contribution in [2.24, 2.45) is 5.92 Å². The molecule has 2 rings (SSSR count). The van der Waals surface area contributed by atoms with Crippen molar-refractivity contribution in [3.63, 3.8) is 0 Å². The molecule has 0 bridgehead atoms. The Morgan fingerprint density at radius 2 is 1.76 bits per heavy atom. The predicted molar refractivity (Wildman–Crippen MR) is 76.1 cm³/mol. The van der Waals surface area contributed by atoms with Gasteiger partial charge in [0, 0.05) is 12.6 Å². The van der Waals surface area contributed by atoms with Crippen LogP contribution in [0, 0.1) is 5.92 Å². The van der Waals surface area contributed by atoms with Gasteiger partial charge in [-0.15, -0.1) is 0 Å². The summed E-state index contributed by atoms with van der Waals surface area (Å²) in [6.07, 6.45) is 4.74. The second-order valence-electron chi connectivity index (χ2n) is 5.93. The zero-order chi connectivity index (χ0) is 15.6. The molecule has 2 aliphatic rings. The quantitative estimate of drug-likeness (QED) is 0.769. The molecule has 8 heteroatoms. The topological polar surface area (TPSA) is 104 Å². The van der Waals surface area contributed by atoms with Crippen molar-refractivity contribution in [3.05, 3.63) is 0 Å². The molecular formula is C13H22N2O5S. The Balaban J connectivity index is 1.89. The molecule has 1 amide bonds. The van der Waals surface area contributed by atoms with E-state index in [-0.39, 0.29) is 17.9 Å². The summed E-state index contributed by atoms with van der Waals surface area (Å²) in [5.41, 5.74) is 0. The van der Waals surface area contributed by atoms with Crippen LogP contribution in [-0.2, 0) is 19.6 Å². The minimum absolute atomic E-state index is 0.0462. The third-order valence-corrected chi connectivity index (χ3v) is 5.64. The van der Waals surface area contributed by atoms with E-state index in [1.165, 1.54) is 4.31 Å². The normalized spacial score (nSPS) is 31.0. The van der Waals surface area contributed by atoms with E-state index in [0.717, 1.165) is 6.26 Å². The molecule has 0 aromatic rings. The molecule has 2 N–H and O–H groups in total. The molecule has 1 atom stereocenters. The molecule has 1 saturated heterocycles. The zero-order valence-electron chi connectivity index (χ0n) is 12.1. The van der Waals surface area contributed by atoms with Crippen molar-refractivity contribution in [3.8, 4) is 0 Å². The first-order valence-electron chi connectivity index (χ1n) is 7.29. The van der Waals surface area contributed by atoms with Gasteiger partial charge in [-0.1, -0.05) is 0 Å². The number of rotatable bonds is 4. The molecule has 7 nitrogen and oxygen atoms in total. The first kappa shape index (κ1) is 16.2. The Morgan fingerprint density at radius 3 is 2.29 bits per heavy atom. The van der Waals surface area contributed by atoms with Crippen molar-refractivity contribution >= 4 is 21.9 Å². The van der Waals surface area contributed by atoms with Gasteiger partial charge in [0.15, 0.2) is 0 Å². The average molecular weight is 318 g/mol. The van der Waals surface area contributed by atoms with Gasteiger partial charge in [0.05, 0.1) is 12.2 Å². The van der Waals surface area contributed by atoms with Gasteiger partial charge in [0.1, 0.15) is 6.04 Å². The van der Waals surface area contributed by atoms with E-state index in [1.807, 2.05) is 0 Å². The Labute approximate surface area is 124 Å². The highest BCUT2D eigenvalue weighted by Gasteiger charge is 2.37. The molecule has 2 fully saturated rings. The van der Waals surface area contributed by atoms with Crippen molar-refractivity contribution in [1.82, 2.24) is 9.62 Å². The van der Waals surface area contributed by atoms with Crippen LogP contribution < -0.4 is 5.32 Å². The molecule has 1 aliphatic heterocycles. The summed E-state index contributed by atoms with van der Waals surface area (Å²) >= 11 is 0. The minimum atomic E-state index is -3.36. The highest BCUT2D eigenvalue weighted by atomic mass is 32.2. The number of carboxylic acid groups (broad SMARTS) is 1. The SMILES string of the molecule is CS(=O)(=O)N1CCC[C@H]1C(=O)NC1CCC(C(=O)O)CC1. The summed E-state index contributed by atoms with van der Waals surface area (Å²) in [6.45, 7) is 0.392. The standard InChI is InChI=1S/C13H22N2O5S/c1-21(19,20)15-8-2-3-11(15)12(16)14-10-6-4-9(5-7-10)13(17)18/h9-11H,2-8H2,1H3,(H,14,16)(H,17,18)/t9?,10?,11-/m0/s1. The number of aliphatic carboxylic acids is 1. The van der Waals surface area contributed by atoms with Crippen LogP contribution in [0.2, 0.25) is 0 Å². The van der Waals surface area contributed by atoms with E-state index in [1.54, 1.807) is 0 Å². The van der Waals surface area contributed by atoms with Crippen LogP contribution in [0.3, 0.4) is 0 Å². The van der Waals surface area contributed by atoms with Crippen molar-refractivity contribution in [2.75, 3.05) is 12.8 Å². The fourth-order valence-electron chi connectivity index (χ4n) is 3.18. The summed E-state index contributed by atoms with van der Waals surface area (Å²) in [5.74, 6) is -1.35. The smallest absolute Gasteiger partial charge is 0.306 e. The molecule has 1 aliphatic carbocycles.